The molecule has 3 aromatic rings. The first-order chi connectivity index (χ1) is 17.2. The van der Waals surface area contributed by atoms with Gasteiger partial charge in [0.1, 0.15) is 17.3 Å². The third kappa shape index (κ3) is 4.50. The van der Waals surface area contributed by atoms with E-state index in [1.165, 1.54) is 55.4 Å². The number of benzene rings is 2. The van der Waals surface area contributed by atoms with Gasteiger partial charge in [0.05, 0.1) is 5.69 Å². The lowest BCUT2D eigenvalue weighted by atomic mass is 9.98. The van der Waals surface area contributed by atoms with Crippen LogP contribution < -0.4 is 15.3 Å². The molecule has 0 spiro atoms. The zero-order valence-electron chi connectivity index (χ0n) is 19.2. The van der Waals surface area contributed by atoms with Crippen LogP contribution in [0, 0.1) is 11.6 Å². The van der Waals surface area contributed by atoms with Crippen molar-refractivity contribution in [1.29, 1.82) is 0 Å². The van der Waals surface area contributed by atoms with E-state index in [1.54, 1.807) is 12.1 Å². The summed E-state index contributed by atoms with van der Waals surface area (Å²) in [6.07, 6.45) is 1.34. The van der Waals surface area contributed by atoms with Gasteiger partial charge in [0.15, 0.2) is 6.04 Å². The van der Waals surface area contributed by atoms with Crippen LogP contribution in [-0.4, -0.2) is 41.8 Å². The van der Waals surface area contributed by atoms with Crippen LogP contribution in [0.25, 0.3) is 11.1 Å². The fraction of sp³-hybridized carbons (Fsp3) is 0.160. The summed E-state index contributed by atoms with van der Waals surface area (Å²) >= 11 is 0. The number of urea groups is 1. The number of anilines is 2. The zero-order chi connectivity index (χ0) is 26.0. The number of nitrogens with one attached hydrogen (secondary N) is 1. The fourth-order valence-corrected chi connectivity index (χ4v) is 3.78. The highest BCUT2D eigenvalue weighted by atomic mass is 19.1. The molecule has 2 aromatic carbocycles. The summed E-state index contributed by atoms with van der Waals surface area (Å²) in [6.45, 7) is 1.51. The first-order valence-corrected chi connectivity index (χ1v) is 10.8. The second kappa shape index (κ2) is 9.90. The van der Waals surface area contributed by atoms with Crippen molar-refractivity contribution in [2.75, 3.05) is 16.8 Å². The van der Waals surface area contributed by atoms with E-state index in [0.29, 0.717) is 6.07 Å². The number of rotatable bonds is 4. The number of fused-ring (bicyclic) bond motifs is 1. The van der Waals surface area contributed by atoms with Gasteiger partial charge >= 0.3 is 12.0 Å². The normalized spacial score (nSPS) is 14.8. The van der Waals surface area contributed by atoms with Gasteiger partial charge in [0.2, 0.25) is 5.78 Å². The number of carbonyl (C=O) groups excluding carboxylic acids is 4. The average molecular weight is 494 g/mol. The Hall–Kier alpha value is -4.67. The van der Waals surface area contributed by atoms with Gasteiger partial charge in [-0.15, -0.1) is 0 Å². The predicted molar refractivity (Wildman–Crippen MR) is 125 cm³/mol. The van der Waals surface area contributed by atoms with Gasteiger partial charge in [-0.05, 0) is 42.0 Å². The molecule has 1 aliphatic rings. The molecule has 0 bridgehead atoms. The summed E-state index contributed by atoms with van der Waals surface area (Å²) in [6, 6.07) is 9.08. The smallest absolute Gasteiger partial charge is 0.339 e. The molecule has 1 unspecified atom stereocenters. The van der Waals surface area contributed by atoms with E-state index in [0.717, 1.165) is 11.0 Å². The van der Waals surface area contributed by atoms with Crippen LogP contribution in [0.3, 0.4) is 0 Å². The Balaban J connectivity index is 1.82. The van der Waals surface area contributed by atoms with Crippen LogP contribution in [0.5, 0.6) is 0 Å². The molecular weight excluding hydrogens is 474 g/mol. The first kappa shape index (κ1) is 24.5. The van der Waals surface area contributed by atoms with E-state index in [-0.39, 0.29) is 34.6 Å². The van der Waals surface area contributed by atoms with Crippen molar-refractivity contribution in [2.24, 2.45) is 0 Å². The van der Waals surface area contributed by atoms with Crippen molar-refractivity contribution in [3.8, 4) is 11.1 Å². The Morgan fingerprint density at radius 3 is 2.61 bits per heavy atom. The monoisotopic (exact) mass is 494 g/mol. The Labute approximate surface area is 204 Å². The number of halogens is 2. The molecule has 4 rings (SSSR count). The van der Waals surface area contributed by atoms with Crippen LogP contribution >= 0.6 is 0 Å². The topological polar surface area (TPSA) is 109 Å². The van der Waals surface area contributed by atoms with E-state index < -0.39 is 41.4 Å². The van der Waals surface area contributed by atoms with E-state index in [2.05, 4.69) is 4.98 Å². The van der Waals surface area contributed by atoms with Crippen molar-refractivity contribution < 1.29 is 32.8 Å². The minimum Gasteiger partial charge on any atom is -0.339 e. The number of ketones is 1. The van der Waals surface area contributed by atoms with Gasteiger partial charge in [0, 0.05) is 37.0 Å². The van der Waals surface area contributed by atoms with Crippen molar-refractivity contribution >= 4 is 35.1 Å². The molecule has 0 fully saturated rings. The third-order valence-corrected chi connectivity index (χ3v) is 5.58. The Morgan fingerprint density at radius 1 is 1.11 bits per heavy atom. The largest absolute Gasteiger partial charge is 0.356 e. The number of carbonyl (C=O) groups is 4. The lowest BCUT2D eigenvalue weighted by Crippen LogP contribution is -2.59. The van der Waals surface area contributed by atoms with Crippen molar-refractivity contribution in [3.05, 3.63) is 78.1 Å². The maximum atomic E-state index is 14.5. The van der Waals surface area contributed by atoms with Crippen molar-refractivity contribution in [3.63, 3.8) is 0 Å². The molecular formula is C25H20F2N4O5. The average Bonchev–Trinajstić information content (AvgIpc) is 2.88. The highest BCUT2D eigenvalue weighted by molar-refractivity contribution is 6.27. The first-order valence-electron chi connectivity index (χ1n) is 10.8. The molecule has 3 amide bonds. The Morgan fingerprint density at radius 2 is 1.89 bits per heavy atom. The number of amides is 3. The number of hydroxylamine groups is 1. The number of Topliss-reactive ketones (excluding diaryl/α,β-unsaturated/α-hetero) is 1. The second-order valence-corrected chi connectivity index (χ2v) is 7.81. The summed E-state index contributed by atoms with van der Waals surface area (Å²) in [4.78, 5) is 62.3. The molecule has 0 aliphatic carbocycles. The van der Waals surface area contributed by atoms with Gasteiger partial charge in [-0.1, -0.05) is 19.1 Å². The molecule has 1 atom stereocenters. The number of aromatic nitrogens is 1. The van der Waals surface area contributed by atoms with Gasteiger partial charge in [-0.25, -0.2) is 18.4 Å². The van der Waals surface area contributed by atoms with E-state index in [9.17, 15) is 28.0 Å². The maximum Gasteiger partial charge on any atom is 0.356 e. The molecule has 36 heavy (non-hydrogen) atoms. The number of likely N-dealkylation sites (N-methyl/N-ethyl adjacent to an activating group) is 1. The van der Waals surface area contributed by atoms with Crippen molar-refractivity contribution in [1.82, 2.24) is 10.5 Å². The maximum absolute atomic E-state index is 14.5. The SMILES string of the molecule is CCC(=O)ONC(=O)N(c1cccc(-c2ccc(F)cc2F)c1)C1C(=O)c2ncccc2N(C)C1=O. The number of hydrogen-bond acceptors (Lipinski definition) is 6. The molecule has 1 N–H and O–H groups in total. The molecule has 1 aromatic heterocycles. The number of hydrogen-bond donors (Lipinski definition) is 1. The van der Waals surface area contributed by atoms with Crippen molar-refractivity contribution in [2.45, 2.75) is 19.4 Å². The van der Waals surface area contributed by atoms with E-state index >= 15 is 0 Å². The molecule has 0 saturated carbocycles. The lowest BCUT2D eigenvalue weighted by Gasteiger charge is -2.36. The molecule has 11 heteroatoms. The second-order valence-electron chi connectivity index (χ2n) is 7.81. The van der Waals surface area contributed by atoms with Gasteiger partial charge in [-0.3, -0.25) is 19.5 Å². The molecule has 184 valence electrons. The highest BCUT2D eigenvalue weighted by Crippen LogP contribution is 2.32. The van der Waals surface area contributed by atoms with E-state index in [4.69, 9.17) is 4.84 Å². The Bertz CT molecular complexity index is 1380. The van der Waals surface area contributed by atoms with Gasteiger partial charge < -0.3 is 9.74 Å². The predicted octanol–water partition coefficient (Wildman–Crippen LogP) is 3.64. The summed E-state index contributed by atoms with van der Waals surface area (Å²) in [5.41, 5.74) is 2.48. The summed E-state index contributed by atoms with van der Waals surface area (Å²) in [5, 5.41) is 0. The number of pyridine rings is 1. The van der Waals surface area contributed by atoms with Gasteiger partial charge in [0.25, 0.3) is 5.91 Å². The minimum absolute atomic E-state index is 0.0146. The molecule has 2 heterocycles. The minimum atomic E-state index is -1.70. The highest BCUT2D eigenvalue weighted by Gasteiger charge is 2.45. The van der Waals surface area contributed by atoms with Crippen LogP contribution in [-0.2, 0) is 14.4 Å². The quantitative estimate of drug-likeness (QED) is 0.438. The molecule has 9 nitrogen and oxygen atoms in total. The van der Waals surface area contributed by atoms with Crippen LogP contribution in [0.1, 0.15) is 23.8 Å². The standard InChI is InChI=1S/C25H20F2N4O5/c1-3-20(32)36-29-25(35)31(22-23(33)21-19(8-5-11-28-21)30(2)24(22)34)16-7-4-6-14(12-16)17-10-9-15(26)13-18(17)27/h4-13,22H,3H2,1-2H3,(H,29,35). The van der Waals surface area contributed by atoms with E-state index in [1.807, 2.05) is 5.48 Å². The van der Waals surface area contributed by atoms with Crippen LogP contribution in [0.15, 0.2) is 60.8 Å². The summed E-state index contributed by atoms with van der Waals surface area (Å²) < 4.78 is 27.9. The summed E-state index contributed by atoms with van der Waals surface area (Å²) in [5.74, 6) is -3.86. The fourth-order valence-electron chi connectivity index (χ4n) is 3.78. The molecule has 1 aliphatic heterocycles. The van der Waals surface area contributed by atoms with Gasteiger partial charge in [-0.2, -0.15) is 5.48 Å². The van der Waals surface area contributed by atoms with Crippen LogP contribution in [0.4, 0.5) is 25.0 Å². The summed E-state index contributed by atoms with van der Waals surface area (Å²) in [7, 11) is 1.43. The lowest BCUT2D eigenvalue weighted by molar-refractivity contribution is -0.148. The zero-order valence-corrected chi connectivity index (χ0v) is 19.2. The molecule has 0 saturated heterocycles. The third-order valence-electron chi connectivity index (χ3n) is 5.58. The number of nitrogens with zero attached hydrogens (tertiary/aromatic N) is 3. The van der Waals surface area contributed by atoms with Crippen LogP contribution in [0.2, 0.25) is 0 Å². The molecule has 0 radical (unpaired) electrons. The Kier molecular flexibility index (Phi) is 6.73.